The van der Waals surface area contributed by atoms with Crippen molar-refractivity contribution in [2.24, 2.45) is 5.11 Å². The van der Waals surface area contributed by atoms with Crippen LogP contribution in [0.4, 0.5) is 0 Å². The SMILES string of the molecule is CC(=O)OC[C@H]1OC(Sc2ccccc2)[C@H](N=[N+]=[N-])[C@@H](OC(C)=O)[C@@H]1OCc1ccccc1. The number of thioether (sulfide) groups is 1. The molecule has 0 aromatic heterocycles. The van der Waals surface area contributed by atoms with Crippen molar-refractivity contribution in [2.75, 3.05) is 6.61 Å². The molecule has 0 N–H and O–H groups in total. The van der Waals surface area contributed by atoms with Crippen LogP contribution in [-0.2, 0) is 35.1 Å². The quantitative estimate of drug-likeness (QED) is 0.232. The van der Waals surface area contributed by atoms with Gasteiger partial charge in [0.2, 0.25) is 0 Å². The molecule has 1 aliphatic rings. The summed E-state index contributed by atoms with van der Waals surface area (Å²) in [6.45, 7) is 2.66. The minimum absolute atomic E-state index is 0.110. The third kappa shape index (κ3) is 7.23. The van der Waals surface area contributed by atoms with E-state index >= 15 is 0 Å². The smallest absolute Gasteiger partial charge is 0.303 e. The highest BCUT2D eigenvalue weighted by atomic mass is 32.2. The van der Waals surface area contributed by atoms with Gasteiger partial charge in [0.15, 0.2) is 0 Å². The Labute approximate surface area is 196 Å². The Morgan fingerprint density at radius 2 is 1.70 bits per heavy atom. The average Bonchev–Trinajstić information content (AvgIpc) is 2.80. The van der Waals surface area contributed by atoms with E-state index in [0.29, 0.717) is 0 Å². The molecule has 9 nitrogen and oxygen atoms in total. The highest BCUT2D eigenvalue weighted by molar-refractivity contribution is 7.99. The molecular formula is C23H25N3O6S. The van der Waals surface area contributed by atoms with Gasteiger partial charge in [-0.3, -0.25) is 9.59 Å². The molecule has 0 spiro atoms. The zero-order valence-electron chi connectivity index (χ0n) is 18.3. The van der Waals surface area contributed by atoms with Crippen LogP contribution in [0.1, 0.15) is 19.4 Å². The maximum atomic E-state index is 12.0. The van der Waals surface area contributed by atoms with E-state index in [2.05, 4.69) is 10.0 Å². The van der Waals surface area contributed by atoms with E-state index < -0.39 is 41.7 Å². The van der Waals surface area contributed by atoms with Crippen molar-refractivity contribution in [3.63, 3.8) is 0 Å². The minimum atomic E-state index is -0.947. The lowest BCUT2D eigenvalue weighted by Crippen LogP contribution is -2.59. The molecule has 0 aliphatic carbocycles. The van der Waals surface area contributed by atoms with Crippen LogP contribution in [0.5, 0.6) is 0 Å². The molecule has 5 atom stereocenters. The lowest BCUT2D eigenvalue weighted by molar-refractivity contribution is -0.209. The molecule has 174 valence electrons. The van der Waals surface area contributed by atoms with Crippen molar-refractivity contribution >= 4 is 23.7 Å². The molecule has 10 heteroatoms. The Hall–Kier alpha value is -3.04. The zero-order valence-corrected chi connectivity index (χ0v) is 19.1. The molecule has 1 heterocycles. The Balaban J connectivity index is 1.92. The Kier molecular flexibility index (Phi) is 9.14. The summed E-state index contributed by atoms with van der Waals surface area (Å²) in [6, 6.07) is 18.0. The van der Waals surface area contributed by atoms with Crippen LogP contribution in [0.25, 0.3) is 10.4 Å². The minimum Gasteiger partial charge on any atom is -0.463 e. The summed E-state index contributed by atoms with van der Waals surface area (Å²) in [7, 11) is 0. The number of carbonyl (C=O) groups is 2. The molecule has 0 amide bonds. The van der Waals surface area contributed by atoms with Gasteiger partial charge in [0, 0.05) is 23.7 Å². The normalized spacial score (nSPS) is 24.4. The summed E-state index contributed by atoms with van der Waals surface area (Å²) in [5, 5.41) is 3.90. The van der Waals surface area contributed by atoms with Gasteiger partial charge in [0.25, 0.3) is 0 Å². The first kappa shape index (κ1) is 24.6. The molecule has 2 aromatic carbocycles. The molecule has 33 heavy (non-hydrogen) atoms. The number of esters is 2. The second-order valence-electron chi connectivity index (χ2n) is 7.31. The molecule has 0 saturated carbocycles. The number of rotatable bonds is 9. The van der Waals surface area contributed by atoms with Gasteiger partial charge >= 0.3 is 11.9 Å². The Bertz CT molecular complexity index is 971. The first-order valence-corrected chi connectivity index (χ1v) is 11.2. The van der Waals surface area contributed by atoms with Crippen LogP contribution in [0.3, 0.4) is 0 Å². The topological polar surface area (TPSA) is 120 Å². The van der Waals surface area contributed by atoms with Crippen molar-refractivity contribution in [3.05, 3.63) is 76.7 Å². The van der Waals surface area contributed by atoms with Crippen LogP contribution in [0.15, 0.2) is 70.7 Å². The Morgan fingerprint density at radius 3 is 2.30 bits per heavy atom. The molecule has 0 radical (unpaired) electrons. The van der Waals surface area contributed by atoms with E-state index in [-0.39, 0.29) is 13.2 Å². The van der Waals surface area contributed by atoms with E-state index in [9.17, 15) is 15.1 Å². The number of ether oxygens (including phenoxy) is 4. The number of benzene rings is 2. The zero-order chi connectivity index (χ0) is 23.6. The highest BCUT2D eigenvalue weighted by Gasteiger charge is 2.49. The van der Waals surface area contributed by atoms with Crippen molar-refractivity contribution in [1.29, 1.82) is 0 Å². The molecular weight excluding hydrogens is 446 g/mol. The monoisotopic (exact) mass is 471 g/mol. The largest absolute Gasteiger partial charge is 0.463 e. The maximum absolute atomic E-state index is 12.0. The van der Waals surface area contributed by atoms with Gasteiger partial charge in [-0.15, -0.1) is 0 Å². The van der Waals surface area contributed by atoms with E-state index in [1.807, 2.05) is 60.7 Å². The average molecular weight is 472 g/mol. The fraction of sp³-hybridized carbons (Fsp3) is 0.391. The number of azide groups is 1. The molecule has 2 aromatic rings. The fourth-order valence-corrected chi connectivity index (χ4v) is 4.56. The summed E-state index contributed by atoms with van der Waals surface area (Å²) < 4.78 is 23.2. The first-order chi connectivity index (χ1) is 16.0. The van der Waals surface area contributed by atoms with Gasteiger partial charge < -0.3 is 18.9 Å². The Morgan fingerprint density at radius 1 is 1.03 bits per heavy atom. The third-order valence-corrected chi connectivity index (χ3v) is 6.00. The van der Waals surface area contributed by atoms with Gasteiger partial charge in [-0.2, -0.15) is 0 Å². The predicted molar refractivity (Wildman–Crippen MR) is 121 cm³/mol. The van der Waals surface area contributed by atoms with E-state index in [1.165, 1.54) is 25.6 Å². The van der Waals surface area contributed by atoms with E-state index in [1.54, 1.807) is 0 Å². The maximum Gasteiger partial charge on any atom is 0.303 e. The van der Waals surface area contributed by atoms with Crippen molar-refractivity contribution in [1.82, 2.24) is 0 Å². The highest BCUT2D eigenvalue weighted by Crippen LogP contribution is 2.37. The van der Waals surface area contributed by atoms with Crippen LogP contribution in [0, 0.1) is 0 Å². The summed E-state index contributed by atoms with van der Waals surface area (Å²) in [4.78, 5) is 27.3. The summed E-state index contributed by atoms with van der Waals surface area (Å²) in [5.74, 6) is -1.03. The standard InChI is InChI=1S/C23H25N3O6S/c1-15(27)29-14-19-21(30-13-17-9-5-3-6-10-17)22(31-16(2)28)20(25-26-24)23(32-19)33-18-11-7-4-8-12-18/h3-12,19-23H,13-14H2,1-2H3/t19-,20-,21-,22-,23?/m1/s1. The molecule has 1 unspecified atom stereocenters. The molecule has 1 saturated heterocycles. The molecule has 3 rings (SSSR count). The van der Waals surface area contributed by atoms with Gasteiger partial charge in [0.1, 0.15) is 36.4 Å². The number of hydrogen-bond donors (Lipinski definition) is 0. The predicted octanol–water partition coefficient (Wildman–Crippen LogP) is 4.26. The molecule has 1 fully saturated rings. The van der Waals surface area contributed by atoms with Crippen LogP contribution < -0.4 is 0 Å². The van der Waals surface area contributed by atoms with Crippen LogP contribution >= 0.6 is 11.8 Å². The molecule has 1 aliphatic heterocycles. The van der Waals surface area contributed by atoms with E-state index in [0.717, 1.165) is 10.5 Å². The van der Waals surface area contributed by atoms with Crippen LogP contribution in [0.2, 0.25) is 0 Å². The van der Waals surface area contributed by atoms with Crippen molar-refractivity contribution < 1.29 is 28.5 Å². The summed E-state index contributed by atoms with van der Waals surface area (Å²) in [5.41, 5.74) is 9.42. The number of carbonyl (C=O) groups excluding carboxylic acids is 2. The first-order valence-electron chi connectivity index (χ1n) is 10.4. The van der Waals surface area contributed by atoms with Gasteiger partial charge in [-0.05, 0) is 23.2 Å². The second kappa shape index (κ2) is 12.3. The summed E-state index contributed by atoms with van der Waals surface area (Å²) in [6.07, 6.45) is -2.54. The van der Waals surface area contributed by atoms with Crippen molar-refractivity contribution in [2.45, 2.75) is 55.1 Å². The van der Waals surface area contributed by atoms with Gasteiger partial charge in [-0.1, -0.05) is 65.4 Å². The van der Waals surface area contributed by atoms with Crippen molar-refractivity contribution in [3.8, 4) is 0 Å². The fourth-order valence-electron chi connectivity index (χ4n) is 3.43. The lowest BCUT2D eigenvalue weighted by atomic mass is 9.98. The number of hydrogen-bond acceptors (Lipinski definition) is 8. The van der Waals surface area contributed by atoms with Gasteiger partial charge in [-0.25, -0.2) is 0 Å². The van der Waals surface area contributed by atoms with Crippen LogP contribution in [-0.4, -0.2) is 48.3 Å². The summed E-state index contributed by atoms with van der Waals surface area (Å²) >= 11 is 1.32. The van der Waals surface area contributed by atoms with E-state index in [4.69, 9.17) is 18.9 Å². The molecule has 0 bridgehead atoms. The second-order valence-corrected chi connectivity index (χ2v) is 8.48. The van der Waals surface area contributed by atoms with Gasteiger partial charge in [0.05, 0.1) is 6.61 Å². The third-order valence-electron chi connectivity index (χ3n) is 4.83. The lowest BCUT2D eigenvalue weighted by Gasteiger charge is -2.44. The number of nitrogens with zero attached hydrogens (tertiary/aromatic N) is 3.